The highest BCUT2D eigenvalue weighted by molar-refractivity contribution is 5.72. The Morgan fingerprint density at radius 1 is 1.44 bits per heavy atom. The molecule has 0 aliphatic carbocycles. The lowest BCUT2D eigenvalue weighted by Crippen LogP contribution is -2.21. The fourth-order valence-electron chi connectivity index (χ4n) is 2.31. The Hall–Kier alpha value is -1.42. The third-order valence-electron chi connectivity index (χ3n) is 3.03. The Labute approximate surface area is 94.7 Å². The quantitative estimate of drug-likeness (QED) is 0.783. The molecule has 1 aromatic heterocycles. The summed E-state index contributed by atoms with van der Waals surface area (Å²) < 4.78 is 0. The largest absolute Gasteiger partial charge is 0.481 e. The maximum atomic E-state index is 11.1. The SMILES string of the molecule is Cc1cc(C)nc(C2CNCC2C(=O)O)c1. The first-order valence-electron chi connectivity index (χ1n) is 5.46. The van der Waals surface area contributed by atoms with Crippen molar-refractivity contribution in [2.24, 2.45) is 5.92 Å². The number of hydrogen-bond donors (Lipinski definition) is 2. The molecular weight excluding hydrogens is 204 g/mol. The zero-order valence-electron chi connectivity index (χ0n) is 9.53. The molecule has 0 aromatic carbocycles. The molecule has 2 atom stereocenters. The van der Waals surface area contributed by atoms with Gasteiger partial charge in [-0.2, -0.15) is 0 Å². The molecule has 4 heteroatoms. The van der Waals surface area contributed by atoms with Gasteiger partial charge in [0.05, 0.1) is 5.92 Å². The number of carboxylic acids is 1. The summed E-state index contributed by atoms with van der Waals surface area (Å²) in [5.41, 5.74) is 2.99. The number of hydrogen-bond acceptors (Lipinski definition) is 3. The molecule has 1 aromatic rings. The molecule has 0 spiro atoms. The van der Waals surface area contributed by atoms with Crippen molar-refractivity contribution < 1.29 is 9.90 Å². The van der Waals surface area contributed by atoms with Crippen LogP contribution in [0.4, 0.5) is 0 Å². The van der Waals surface area contributed by atoms with E-state index in [1.54, 1.807) is 0 Å². The van der Waals surface area contributed by atoms with Crippen LogP contribution < -0.4 is 5.32 Å². The summed E-state index contributed by atoms with van der Waals surface area (Å²) in [6.45, 7) is 5.19. The van der Waals surface area contributed by atoms with Crippen LogP contribution in [-0.2, 0) is 4.79 Å². The van der Waals surface area contributed by atoms with Crippen LogP contribution >= 0.6 is 0 Å². The van der Waals surface area contributed by atoms with E-state index in [4.69, 9.17) is 5.11 Å². The van der Waals surface area contributed by atoms with E-state index < -0.39 is 5.97 Å². The van der Waals surface area contributed by atoms with Gasteiger partial charge in [0.1, 0.15) is 0 Å². The third kappa shape index (κ3) is 2.07. The van der Waals surface area contributed by atoms with Gasteiger partial charge in [0.25, 0.3) is 0 Å². The molecule has 4 nitrogen and oxygen atoms in total. The second-order valence-electron chi connectivity index (χ2n) is 4.42. The van der Waals surface area contributed by atoms with Crippen molar-refractivity contribution >= 4 is 5.97 Å². The fraction of sp³-hybridized carbons (Fsp3) is 0.500. The minimum absolute atomic E-state index is 0.00361. The Balaban J connectivity index is 2.32. The summed E-state index contributed by atoms with van der Waals surface area (Å²) in [5, 5.41) is 12.2. The van der Waals surface area contributed by atoms with Crippen LogP contribution in [0.2, 0.25) is 0 Å². The zero-order valence-corrected chi connectivity index (χ0v) is 9.53. The number of aliphatic carboxylic acids is 1. The minimum atomic E-state index is -0.740. The van der Waals surface area contributed by atoms with Crippen molar-refractivity contribution in [3.63, 3.8) is 0 Å². The predicted octanol–water partition coefficient (Wildman–Crippen LogP) is 1.09. The number of carboxylic acid groups (broad SMARTS) is 1. The Bertz CT molecular complexity index is 397. The first kappa shape index (κ1) is 11.1. The summed E-state index contributed by atoms with van der Waals surface area (Å²) >= 11 is 0. The van der Waals surface area contributed by atoms with Crippen molar-refractivity contribution in [1.29, 1.82) is 0 Å². The van der Waals surface area contributed by atoms with E-state index in [0.29, 0.717) is 13.1 Å². The molecule has 2 unspecified atom stereocenters. The van der Waals surface area contributed by atoms with E-state index in [1.807, 2.05) is 26.0 Å². The van der Waals surface area contributed by atoms with Gasteiger partial charge in [-0.1, -0.05) is 0 Å². The van der Waals surface area contributed by atoms with E-state index >= 15 is 0 Å². The molecule has 1 aliphatic heterocycles. The second-order valence-corrected chi connectivity index (χ2v) is 4.42. The first-order chi connectivity index (χ1) is 7.58. The topological polar surface area (TPSA) is 62.2 Å². The van der Waals surface area contributed by atoms with Gasteiger partial charge in [-0.05, 0) is 31.5 Å². The van der Waals surface area contributed by atoms with Crippen molar-refractivity contribution in [3.8, 4) is 0 Å². The summed E-state index contributed by atoms with van der Waals surface area (Å²) in [6.07, 6.45) is 0. The van der Waals surface area contributed by atoms with Gasteiger partial charge in [-0.3, -0.25) is 9.78 Å². The maximum Gasteiger partial charge on any atom is 0.308 e. The van der Waals surface area contributed by atoms with E-state index in [0.717, 1.165) is 17.0 Å². The fourth-order valence-corrected chi connectivity index (χ4v) is 2.31. The predicted molar refractivity (Wildman–Crippen MR) is 60.4 cm³/mol. The lowest BCUT2D eigenvalue weighted by Gasteiger charge is -2.15. The van der Waals surface area contributed by atoms with E-state index in [2.05, 4.69) is 10.3 Å². The minimum Gasteiger partial charge on any atom is -0.481 e. The number of aromatic nitrogens is 1. The second kappa shape index (κ2) is 4.22. The van der Waals surface area contributed by atoms with Gasteiger partial charge >= 0.3 is 5.97 Å². The highest BCUT2D eigenvalue weighted by Crippen LogP contribution is 2.27. The number of nitrogens with zero attached hydrogens (tertiary/aromatic N) is 1. The third-order valence-corrected chi connectivity index (χ3v) is 3.03. The summed E-state index contributed by atoms with van der Waals surface area (Å²) in [5.74, 6) is -1.10. The Morgan fingerprint density at radius 3 is 2.81 bits per heavy atom. The molecule has 2 heterocycles. The van der Waals surface area contributed by atoms with Crippen molar-refractivity contribution in [2.45, 2.75) is 19.8 Å². The number of aryl methyl sites for hydroxylation is 2. The molecule has 2 N–H and O–H groups in total. The standard InChI is InChI=1S/C12H16N2O2/c1-7-3-8(2)14-11(4-7)9-5-13-6-10(9)12(15)16/h3-4,9-10,13H,5-6H2,1-2H3,(H,15,16). The molecule has 0 radical (unpaired) electrons. The van der Waals surface area contributed by atoms with Gasteiger partial charge in [-0.25, -0.2) is 0 Å². The van der Waals surface area contributed by atoms with Crippen LogP contribution in [0, 0.1) is 19.8 Å². The van der Waals surface area contributed by atoms with Gasteiger partial charge in [-0.15, -0.1) is 0 Å². The van der Waals surface area contributed by atoms with Crippen LogP contribution in [0.1, 0.15) is 22.9 Å². The van der Waals surface area contributed by atoms with Crippen LogP contribution in [0.25, 0.3) is 0 Å². The van der Waals surface area contributed by atoms with E-state index in [-0.39, 0.29) is 11.8 Å². The van der Waals surface area contributed by atoms with E-state index in [1.165, 1.54) is 0 Å². The molecule has 86 valence electrons. The molecule has 1 saturated heterocycles. The van der Waals surface area contributed by atoms with E-state index in [9.17, 15) is 4.79 Å². The highest BCUT2D eigenvalue weighted by atomic mass is 16.4. The average molecular weight is 220 g/mol. The van der Waals surface area contributed by atoms with Gasteiger partial charge < -0.3 is 10.4 Å². The van der Waals surface area contributed by atoms with Crippen LogP contribution in [0.5, 0.6) is 0 Å². The number of carbonyl (C=O) groups is 1. The average Bonchev–Trinajstić information content (AvgIpc) is 2.63. The van der Waals surface area contributed by atoms with Crippen LogP contribution in [0.15, 0.2) is 12.1 Å². The van der Waals surface area contributed by atoms with Crippen molar-refractivity contribution in [3.05, 3.63) is 29.1 Å². The molecule has 2 rings (SSSR count). The molecule has 0 saturated carbocycles. The van der Waals surface area contributed by atoms with Gasteiger partial charge in [0, 0.05) is 30.4 Å². The van der Waals surface area contributed by atoms with Crippen LogP contribution in [0.3, 0.4) is 0 Å². The normalized spacial score (nSPS) is 24.6. The molecule has 0 bridgehead atoms. The Kier molecular flexibility index (Phi) is 2.92. The lowest BCUT2D eigenvalue weighted by molar-refractivity contribution is -0.141. The van der Waals surface area contributed by atoms with Crippen LogP contribution in [-0.4, -0.2) is 29.1 Å². The molecular formula is C12H16N2O2. The summed E-state index contributed by atoms with van der Waals surface area (Å²) in [4.78, 5) is 15.5. The lowest BCUT2D eigenvalue weighted by atomic mass is 9.92. The van der Waals surface area contributed by atoms with Crippen molar-refractivity contribution in [2.75, 3.05) is 13.1 Å². The Morgan fingerprint density at radius 2 is 2.19 bits per heavy atom. The molecule has 1 fully saturated rings. The number of nitrogens with one attached hydrogen (secondary N) is 1. The summed E-state index contributed by atoms with van der Waals surface area (Å²) in [7, 11) is 0. The highest BCUT2D eigenvalue weighted by Gasteiger charge is 2.34. The first-order valence-corrected chi connectivity index (χ1v) is 5.46. The summed E-state index contributed by atoms with van der Waals surface area (Å²) in [6, 6.07) is 3.99. The number of pyridine rings is 1. The smallest absolute Gasteiger partial charge is 0.308 e. The molecule has 0 amide bonds. The zero-order chi connectivity index (χ0) is 11.7. The van der Waals surface area contributed by atoms with Gasteiger partial charge in [0.2, 0.25) is 0 Å². The molecule has 1 aliphatic rings. The molecule has 16 heavy (non-hydrogen) atoms. The number of rotatable bonds is 2. The van der Waals surface area contributed by atoms with Gasteiger partial charge in [0.15, 0.2) is 0 Å². The maximum absolute atomic E-state index is 11.1. The van der Waals surface area contributed by atoms with Crippen molar-refractivity contribution in [1.82, 2.24) is 10.3 Å². The monoisotopic (exact) mass is 220 g/mol.